The van der Waals surface area contributed by atoms with Gasteiger partial charge < -0.3 is 16.2 Å². The third-order valence-corrected chi connectivity index (χ3v) is 4.40. The average Bonchev–Trinajstić information content (AvgIpc) is 2.56. The van der Waals surface area contributed by atoms with Crippen LogP contribution in [0.1, 0.15) is 20.3 Å². The number of hydroxylamine groups is 1. The summed E-state index contributed by atoms with van der Waals surface area (Å²) >= 11 is 0. The highest BCUT2D eigenvalue weighted by Gasteiger charge is 2.46. The Morgan fingerprint density at radius 1 is 1.18 bits per heavy atom. The third kappa shape index (κ3) is 7.60. The number of ether oxygens (including phenoxy) is 1. The van der Waals surface area contributed by atoms with Crippen LogP contribution in [0.25, 0.3) is 0 Å². The standard InChI is InChI=1S/C15H22F3N5O4S/c1-10(2)21-13(19)22-14(20)23-27-9-3-8-26-11-4-6-12(7-5-11)28(24,25)15(16,17)18/h4-7,10H,3,8-9H2,1-2H3,(H5,19,20,21,22,23). The Kier molecular flexibility index (Phi) is 8.50. The molecule has 0 saturated carbocycles. The van der Waals surface area contributed by atoms with Gasteiger partial charge in [0.2, 0.25) is 11.9 Å². The van der Waals surface area contributed by atoms with Gasteiger partial charge in [-0.15, -0.1) is 0 Å². The van der Waals surface area contributed by atoms with Crippen molar-refractivity contribution in [1.82, 2.24) is 5.48 Å². The summed E-state index contributed by atoms with van der Waals surface area (Å²) < 4.78 is 65.1. The number of nitrogens with two attached hydrogens (primary N) is 2. The summed E-state index contributed by atoms with van der Waals surface area (Å²) in [5.41, 5.74) is 8.06. The average molecular weight is 425 g/mol. The molecule has 9 nitrogen and oxygen atoms in total. The number of benzene rings is 1. The quantitative estimate of drug-likeness (QED) is 0.247. The van der Waals surface area contributed by atoms with E-state index < -0.39 is 20.2 Å². The Bertz CT molecular complexity index is 793. The SMILES string of the molecule is CC(C)N=C(N)N=C(N)NOCCCOc1ccc(S(=O)(=O)C(F)(F)F)cc1. The van der Waals surface area contributed by atoms with Gasteiger partial charge in [-0.1, -0.05) is 0 Å². The van der Waals surface area contributed by atoms with Crippen molar-refractivity contribution < 1.29 is 31.2 Å². The second-order valence-corrected chi connectivity index (χ2v) is 7.59. The highest BCUT2D eigenvalue weighted by Crippen LogP contribution is 2.30. The molecule has 0 atom stereocenters. The first-order valence-corrected chi connectivity index (χ1v) is 9.51. The van der Waals surface area contributed by atoms with Gasteiger partial charge in [-0.3, -0.25) is 4.84 Å². The van der Waals surface area contributed by atoms with E-state index in [1.54, 1.807) is 0 Å². The number of rotatable bonds is 8. The van der Waals surface area contributed by atoms with Crippen LogP contribution in [0.2, 0.25) is 0 Å². The van der Waals surface area contributed by atoms with E-state index in [0.29, 0.717) is 6.42 Å². The zero-order chi connectivity index (χ0) is 21.4. The molecule has 0 aliphatic heterocycles. The topological polar surface area (TPSA) is 141 Å². The summed E-state index contributed by atoms with van der Waals surface area (Å²) in [4.78, 5) is 11.9. The van der Waals surface area contributed by atoms with Crippen molar-refractivity contribution >= 4 is 21.8 Å². The number of hydrogen-bond acceptors (Lipinski definition) is 5. The fourth-order valence-corrected chi connectivity index (χ4v) is 2.50. The van der Waals surface area contributed by atoms with E-state index >= 15 is 0 Å². The van der Waals surface area contributed by atoms with E-state index in [0.717, 1.165) is 24.3 Å². The largest absolute Gasteiger partial charge is 0.501 e. The van der Waals surface area contributed by atoms with Crippen LogP contribution in [0, 0.1) is 0 Å². The van der Waals surface area contributed by atoms with Crippen LogP contribution < -0.4 is 21.7 Å². The molecule has 0 aliphatic carbocycles. The number of guanidine groups is 2. The van der Waals surface area contributed by atoms with Crippen LogP contribution in [0.15, 0.2) is 39.1 Å². The predicted octanol–water partition coefficient (Wildman–Crippen LogP) is 1.31. The summed E-state index contributed by atoms with van der Waals surface area (Å²) in [6.45, 7) is 4.00. The number of halogens is 3. The highest BCUT2D eigenvalue weighted by molar-refractivity contribution is 7.92. The summed E-state index contributed by atoms with van der Waals surface area (Å²) in [5, 5.41) is 0. The molecule has 0 unspecified atom stereocenters. The Morgan fingerprint density at radius 3 is 2.32 bits per heavy atom. The summed E-state index contributed by atoms with van der Waals surface area (Å²) in [5.74, 6) is 0.139. The first-order valence-electron chi connectivity index (χ1n) is 8.03. The summed E-state index contributed by atoms with van der Waals surface area (Å²) in [7, 11) is -5.37. The first-order chi connectivity index (χ1) is 12.9. The second kappa shape index (κ2) is 10.1. The first kappa shape index (κ1) is 23.5. The van der Waals surface area contributed by atoms with Crippen molar-refractivity contribution in [3.05, 3.63) is 24.3 Å². The van der Waals surface area contributed by atoms with E-state index in [9.17, 15) is 21.6 Å². The molecule has 0 radical (unpaired) electrons. The molecule has 1 aromatic rings. The number of nitrogens with zero attached hydrogens (tertiary/aromatic N) is 2. The fraction of sp³-hybridized carbons (Fsp3) is 0.467. The number of nitrogens with one attached hydrogen (secondary N) is 1. The van der Waals surface area contributed by atoms with E-state index in [-0.39, 0.29) is 36.9 Å². The minimum atomic E-state index is -5.37. The number of alkyl halides is 3. The lowest BCUT2D eigenvalue weighted by Gasteiger charge is -2.10. The van der Waals surface area contributed by atoms with Crippen molar-refractivity contribution in [1.29, 1.82) is 0 Å². The Hall–Kier alpha value is -2.54. The maximum Gasteiger partial charge on any atom is 0.501 e. The Balaban J connectivity index is 2.37. The molecule has 1 rings (SSSR count). The lowest BCUT2D eigenvalue weighted by molar-refractivity contribution is -0.0436. The molecule has 0 amide bonds. The second-order valence-electron chi connectivity index (χ2n) is 5.65. The normalized spacial score (nSPS) is 13.6. The molecule has 0 aliphatic rings. The lowest BCUT2D eigenvalue weighted by atomic mass is 10.3. The molecule has 0 heterocycles. The van der Waals surface area contributed by atoms with Gasteiger partial charge in [-0.05, 0) is 38.1 Å². The minimum Gasteiger partial charge on any atom is -0.494 e. The summed E-state index contributed by atoms with van der Waals surface area (Å²) in [6, 6.07) is 3.91. The monoisotopic (exact) mass is 425 g/mol. The van der Waals surface area contributed by atoms with Gasteiger partial charge in [0.25, 0.3) is 9.84 Å². The van der Waals surface area contributed by atoms with Crippen LogP contribution in [0.3, 0.4) is 0 Å². The molecule has 0 spiro atoms. The number of sulfone groups is 1. The molecule has 13 heteroatoms. The number of hydrogen-bond donors (Lipinski definition) is 3. The molecule has 0 saturated heterocycles. The van der Waals surface area contributed by atoms with Gasteiger partial charge in [0.15, 0.2) is 0 Å². The summed E-state index contributed by atoms with van der Waals surface area (Å²) in [6.07, 6.45) is 0.401. The third-order valence-electron chi connectivity index (χ3n) is 2.90. The van der Waals surface area contributed by atoms with E-state index in [1.807, 2.05) is 13.8 Å². The van der Waals surface area contributed by atoms with E-state index in [2.05, 4.69) is 15.5 Å². The minimum absolute atomic E-state index is 0.00270. The predicted molar refractivity (Wildman–Crippen MR) is 97.3 cm³/mol. The van der Waals surface area contributed by atoms with Crippen LogP contribution in [0.4, 0.5) is 13.2 Å². The van der Waals surface area contributed by atoms with Crippen LogP contribution >= 0.6 is 0 Å². The molecule has 0 fully saturated rings. The van der Waals surface area contributed by atoms with Crippen molar-refractivity contribution in [2.75, 3.05) is 13.2 Å². The van der Waals surface area contributed by atoms with Gasteiger partial charge >= 0.3 is 5.51 Å². The van der Waals surface area contributed by atoms with Crippen LogP contribution in [-0.4, -0.2) is 45.1 Å². The van der Waals surface area contributed by atoms with Gasteiger partial charge in [0.1, 0.15) is 5.75 Å². The van der Waals surface area contributed by atoms with Gasteiger partial charge in [-0.25, -0.2) is 18.9 Å². The maximum atomic E-state index is 12.5. The molecular formula is C15H22F3N5O4S. The van der Waals surface area contributed by atoms with Crippen molar-refractivity contribution in [2.45, 2.75) is 36.7 Å². The molecule has 0 bridgehead atoms. The van der Waals surface area contributed by atoms with Gasteiger partial charge in [0, 0.05) is 12.5 Å². The molecule has 5 N–H and O–H groups in total. The Labute approximate surface area is 160 Å². The van der Waals surface area contributed by atoms with Gasteiger partial charge in [0.05, 0.1) is 18.1 Å². The van der Waals surface area contributed by atoms with E-state index in [1.165, 1.54) is 0 Å². The smallest absolute Gasteiger partial charge is 0.494 e. The molecule has 158 valence electrons. The molecule has 28 heavy (non-hydrogen) atoms. The molecular weight excluding hydrogens is 403 g/mol. The zero-order valence-electron chi connectivity index (χ0n) is 15.2. The van der Waals surface area contributed by atoms with E-state index in [4.69, 9.17) is 21.0 Å². The molecule has 1 aromatic carbocycles. The molecule has 0 aromatic heterocycles. The van der Waals surface area contributed by atoms with Gasteiger partial charge in [-0.2, -0.15) is 18.2 Å². The van der Waals surface area contributed by atoms with Crippen LogP contribution in [0.5, 0.6) is 5.75 Å². The lowest BCUT2D eigenvalue weighted by Crippen LogP contribution is -2.34. The van der Waals surface area contributed by atoms with Crippen molar-refractivity contribution in [3.63, 3.8) is 0 Å². The van der Waals surface area contributed by atoms with Crippen molar-refractivity contribution in [2.24, 2.45) is 21.5 Å². The van der Waals surface area contributed by atoms with Crippen LogP contribution in [-0.2, 0) is 14.7 Å². The highest BCUT2D eigenvalue weighted by atomic mass is 32.2. The zero-order valence-corrected chi connectivity index (χ0v) is 16.0. The fourth-order valence-electron chi connectivity index (χ4n) is 1.73. The maximum absolute atomic E-state index is 12.5. The van der Waals surface area contributed by atoms with Crippen molar-refractivity contribution in [3.8, 4) is 5.75 Å². The number of aliphatic imine (C=N–C) groups is 2. The Morgan fingerprint density at radius 2 is 1.79 bits per heavy atom.